The van der Waals surface area contributed by atoms with Crippen LogP contribution in [-0.2, 0) is 4.79 Å². The summed E-state index contributed by atoms with van der Waals surface area (Å²) in [5.74, 6) is 0.109. The third kappa shape index (κ3) is 1.62. The van der Waals surface area contributed by atoms with Crippen LogP contribution in [0.25, 0.3) is 5.57 Å². The molecule has 2 aliphatic rings. The number of hydrogen-bond acceptors (Lipinski definition) is 2. The molecule has 0 radical (unpaired) electrons. The van der Waals surface area contributed by atoms with Gasteiger partial charge in [0, 0.05) is 31.9 Å². The first-order valence-corrected chi connectivity index (χ1v) is 6.11. The third-order valence-corrected chi connectivity index (χ3v) is 3.54. The number of fused-ring (bicyclic) bond motifs is 1. The number of anilines is 1. The average molecular weight is 228 g/mol. The van der Waals surface area contributed by atoms with Crippen molar-refractivity contribution < 1.29 is 4.79 Å². The summed E-state index contributed by atoms with van der Waals surface area (Å²) in [4.78, 5) is 16.2. The number of nitrogens with zero attached hydrogens (tertiary/aromatic N) is 2. The van der Waals surface area contributed by atoms with E-state index in [1.54, 1.807) is 4.90 Å². The Morgan fingerprint density at radius 2 is 1.88 bits per heavy atom. The molecule has 2 aliphatic heterocycles. The van der Waals surface area contributed by atoms with Crippen LogP contribution in [0.15, 0.2) is 30.5 Å². The summed E-state index contributed by atoms with van der Waals surface area (Å²) >= 11 is 0. The summed E-state index contributed by atoms with van der Waals surface area (Å²) in [6, 6.07) is 7.99. The first kappa shape index (κ1) is 10.4. The Labute approximate surface area is 101 Å². The molecule has 2 heterocycles. The van der Waals surface area contributed by atoms with Gasteiger partial charge in [0.05, 0.1) is 11.3 Å². The van der Waals surface area contributed by atoms with Crippen molar-refractivity contribution in [3.8, 4) is 0 Å². The fourth-order valence-electron chi connectivity index (χ4n) is 2.58. The van der Waals surface area contributed by atoms with Crippen LogP contribution in [0, 0.1) is 0 Å². The fourth-order valence-corrected chi connectivity index (χ4v) is 2.58. The van der Waals surface area contributed by atoms with Crippen molar-refractivity contribution in [2.45, 2.75) is 12.8 Å². The smallest absolute Gasteiger partial charge is 0.260 e. The predicted molar refractivity (Wildman–Crippen MR) is 68.6 cm³/mol. The molecule has 3 rings (SSSR count). The minimum atomic E-state index is 0.109. The molecule has 0 saturated carbocycles. The Morgan fingerprint density at radius 3 is 2.65 bits per heavy atom. The predicted octanol–water partition coefficient (Wildman–Crippen LogP) is 2.10. The van der Waals surface area contributed by atoms with Crippen molar-refractivity contribution in [2.24, 2.45) is 0 Å². The number of likely N-dealkylation sites (N-methyl/N-ethyl adjacent to an activating group) is 1. The van der Waals surface area contributed by atoms with Gasteiger partial charge in [0.15, 0.2) is 0 Å². The highest BCUT2D eigenvalue weighted by atomic mass is 16.2. The molecule has 0 aromatic heterocycles. The number of amides is 1. The number of carbonyl (C=O) groups is 1. The van der Waals surface area contributed by atoms with Crippen LogP contribution in [0.1, 0.15) is 18.4 Å². The molecule has 0 aliphatic carbocycles. The van der Waals surface area contributed by atoms with E-state index in [4.69, 9.17) is 0 Å². The zero-order valence-corrected chi connectivity index (χ0v) is 10.0. The lowest BCUT2D eigenvalue weighted by molar-refractivity contribution is -0.112. The molecule has 0 unspecified atom stereocenters. The first-order valence-electron chi connectivity index (χ1n) is 6.11. The van der Waals surface area contributed by atoms with Crippen LogP contribution < -0.4 is 4.90 Å². The highest BCUT2D eigenvalue weighted by molar-refractivity contribution is 6.32. The van der Waals surface area contributed by atoms with E-state index >= 15 is 0 Å². The zero-order chi connectivity index (χ0) is 11.8. The van der Waals surface area contributed by atoms with E-state index in [9.17, 15) is 4.79 Å². The highest BCUT2D eigenvalue weighted by Gasteiger charge is 2.29. The zero-order valence-electron chi connectivity index (χ0n) is 10.0. The van der Waals surface area contributed by atoms with Crippen molar-refractivity contribution >= 4 is 17.2 Å². The van der Waals surface area contributed by atoms with Gasteiger partial charge in [-0.3, -0.25) is 4.79 Å². The number of carbonyl (C=O) groups excluding carboxylic acids is 1. The van der Waals surface area contributed by atoms with Crippen molar-refractivity contribution in [2.75, 3.05) is 25.0 Å². The van der Waals surface area contributed by atoms with E-state index in [0.717, 1.165) is 29.9 Å². The van der Waals surface area contributed by atoms with Gasteiger partial charge in [-0.15, -0.1) is 0 Å². The molecular formula is C14H16N2O. The van der Waals surface area contributed by atoms with E-state index in [2.05, 4.69) is 4.90 Å². The van der Waals surface area contributed by atoms with Crippen molar-refractivity contribution in [1.82, 2.24) is 4.90 Å². The molecule has 1 aromatic rings. The van der Waals surface area contributed by atoms with Crippen LogP contribution >= 0.6 is 0 Å². The molecule has 0 bridgehead atoms. The molecule has 3 nitrogen and oxygen atoms in total. The van der Waals surface area contributed by atoms with Gasteiger partial charge in [-0.25, -0.2) is 0 Å². The van der Waals surface area contributed by atoms with Gasteiger partial charge in [-0.2, -0.15) is 0 Å². The normalized spacial score (nSPS) is 21.5. The monoisotopic (exact) mass is 228 g/mol. The molecule has 0 spiro atoms. The van der Waals surface area contributed by atoms with Crippen LogP contribution in [-0.4, -0.2) is 30.9 Å². The number of benzene rings is 1. The Kier molecular flexibility index (Phi) is 2.39. The van der Waals surface area contributed by atoms with Gasteiger partial charge >= 0.3 is 0 Å². The van der Waals surface area contributed by atoms with Crippen LogP contribution in [0.2, 0.25) is 0 Å². The summed E-state index contributed by atoms with van der Waals surface area (Å²) in [5.41, 5.74) is 2.92. The molecule has 1 saturated heterocycles. The van der Waals surface area contributed by atoms with Crippen LogP contribution in [0.5, 0.6) is 0 Å². The standard InChI is InChI=1S/C14H16N2O/c1-15-13-7-3-2-6-11(13)12(14(15)17)10-16-8-4-5-9-16/h2-3,6-7,10H,4-5,8-9H2,1H3/b12-10-. The number of hydrogen-bond donors (Lipinski definition) is 0. The third-order valence-electron chi connectivity index (χ3n) is 3.54. The Balaban J connectivity index is 2.02. The van der Waals surface area contributed by atoms with E-state index in [1.165, 1.54) is 12.8 Å². The minimum Gasteiger partial charge on any atom is -0.377 e. The quantitative estimate of drug-likeness (QED) is 0.687. The van der Waals surface area contributed by atoms with Gasteiger partial charge in [0.2, 0.25) is 0 Å². The second-order valence-electron chi connectivity index (χ2n) is 4.67. The lowest BCUT2D eigenvalue weighted by Gasteiger charge is -2.12. The topological polar surface area (TPSA) is 23.6 Å². The van der Waals surface area contributed by atoms with Gasteiger partial charge in [-0.1, -0.05) is 18.2 Å². The molecule has 1 fully saturated rings. The van der Waals surface area contributed by atoms with E-state index < -0.39 is 0 Å². The van der Waals surface area contributed by atoms with Crippen molar-refractivity contribution in [3.05, 3.63) is 36.0 Å². The molecular weight excluding hydrogens is 212 g/mol. The van der Waals surface area contributed by atoms with Crippen LogP contribution in [0.3, 0.4) is 0 Å². The minimum absolute atomic E-state index is 0.109. The number of para-hydroxylation sites is 1. The summed E-state index contributed by atoms with van der Waals surface area (Å²) in [6.45, 7) is 2.14. The molecule has 3 heteroatoms. The van der Waals surface area contributed by atoms with Crippen molar-refractivity contribution in [3.63, 3.8) is 0 Å². The molecule has 0 N–H and O–H groups in total. The Morgan fingerprint density at radius 1 is 1.18 bits per heavy atom. The molecule has 1 amide bonds. The largest absolute Gasteiger partial charge is 0.377 e. The van der Waals surface area contributed by atoms with Crippen LogP contribution in [0.4, 0.5) is 5.69 Å². The molecule has 1 aromatic carbocycles. The highest BCUT2D eigenvalue weighted by Crippen LogP contribution is 2.35. The van der Waals surface area contributed by atoms with Gasteiger partial charge in [0.1, 0.15) is 0 Å². The maximum absolute atomic E-state index is 12.2. The van der Waals surface area contributed by atoms with Crippen molar-refractivity contribution in [1.29, 1.82) is 0 Å². The second-order valence-corrected chi connectivity index (χ2v) is 4.67. The maximum atomic E-state index is 12.2. The van der Waals surface area contributed by atoms with Gasteiger partial charge in [-0.05, 0) is 18.9 Å². The average Bonchev–Trinajstić information content (AvgIpc) is 2.94. The van der Waals surface area contributed by atoms with Gasteiger partial charge in [0.25, 0.3) is 5.91 Å². The Hall–Kier alpha value is -1.77. The second kappa shape index (κ2) is 3.91. The summed E-state index contributed by atoms with van der Waals surface area (Å²) in [7, 11) is 1.84. The summed E-state index contributed by atoms with van der Waals surface area (Å²) in [6.07, 6.45) is 4.50. The maximum Gasteiger partial charge on any atom is 0.260 e. The van der Waals surface area contributed by atoms with E-state index in [1.807, 2.05) is 37.5 Å². The Bertz CT molecular complexity index is 487. The molecule has 0 atom stereocenters. The molecule has 88 valence electrons. The lowest BCUT2D eigenvalue weighted by atomic mass is 10.1. The molecule has 17 heavy (non-hydrogen) atoms. The SMILES string of the molecule is CN1C(=O)/C(=C\N2CCCC2)c2ccccc21. The fraction of sp³-hybridized carbons (Fsp3) is 0.357. The first-order chi connectivity index (χ1) is 8.27. The van der Waals surface area contributed by atoms with Gasteiger partial charge < -0.3 is 9.80 Å². The summed E-state index contributed by atoms with van der Waals surface area (Å²) in [5, 5.41) is 0. The number of likely N-dealkylation sites (tertiary alicyclic amines) is 1. The van der Waals surface area contributed by atoms with E-state index in [-0.39, 0.29) is 5.91 Å². The lowest BCUT2D eigenvalue weighted by Crippen LogP contribution is -2.21. The number of rotatable bonds is 1. The summed E-state index contributed by atoms with van der Waals surface area (Å²) < 4.78 is 0. The van der Waals surface area contributed by atoms with E-state index in [0.29, 0.717) is 0 Å².